The van der Waals surface area contributed by atoms with E-state index in [0.717, 1.165) is 36.3 Å². The third kappa shape index (κ3) is 5.58. The fraction of sp³-hybridized carbons (Fsp3) is 0.429. The normalized spacial score (nSPS) is 21.3. The van der Waals surface area contributed by atoms with Crippen molar-refractivity contribution < 1.29 is 14.0 Å². The highest BCUT2D eigenvalue weighted by atomic mass is 35.5. The average molecular weight is 576 g/mol. The third-order valence-electron chi connectivity index (χ3n) is 7.85. The second kappa shape index (κ2) is 11.3. The molecule has 3 atom stereocenters. The number of amides is 2. The van der Waals surface area contributed by atoms with Crippen molar-refractivity contribution in [2.24, 2.45) is 11.3 Å². The second-order valence-electron chi connectivity index (χ2n) is 10.5. The first-order valence-electron chi connectivity index (χ1n) is 12.9. The molecule has 0 radical (unpaired) electrons. The minimum Gasteiger partial charge on any atom is -0.348 e. The maximum Gasteiger partial charge on any atom is 0.280 e. The van der Waals surface area contributed by atoms with Gasteiger partial charge in [-0.1, -0.05) is 49.0 Å². The quantitative estimate of drug-likeness (QED) is 0.298. The van der Waals surface area contributed by atoms with Gasteiger partial charge in [0.05, 0.1) is 26.7 Å². The van der Waals surface area contributed by atoms with Gasteiger partial charge in [-0.2, -0.15) is 0 Å². The van der Waals surface area contributed by atoms with Crippen LogP contribution in [0.5, 0.6) is 0 Å². The zero-order valence-electron chi connectivity index (χ0n) is 21.0. The zero-order valence-corrected chi connectivity index (χ0v) is 23.3. The van der Waals surface area contributed by atoms with E-state index in [9.17, 15) is 9.59 Å². The lowest BCUT2D eigenvalue weighted by molar-refractivity contribution is -0.126. The van der Waals surface area contributed by atoms with Gasteiger partial charge in [-0.05, 0) is 61.8 Å². The molecule has 0 aliphatic heterocycles. The van der Waals surface area contributed by atoms with Crippen molar-refractivity contribution in [2.45, 2.75) is 64.0 Å². The van der Waals surface area contributed by atoms with E-state index >= 15 is 4.39 Å². The highest BCUT2D eigenvalue weighted by molar-refractivity contribution is 7.16. The van der Waals surface area contributed by atoms with Gasteiger partial charge < -0.3 is 10.6 Å². The van der Waals surface area contributed by atoms with Crippen molar-refractivity contribution in [1.82, 2.24) is 20.6 Å². The Hall–Kier alpha value is -2.55. The summed E-state index contributed by atoms with van der Waals surface area (Å²) in [5.74, 6) is -1.17. The molecule has 0 saturated heterocycles. The Morgan fingerprint density at radius 2 is 1.92 bits per heavy atom. The number of rotatable bonds is 7. The van der Waals surface area contributed by atoms with Gasteiger partial charge in [0, 0.05) is 29.9 Å². The number of carbonyl (C=O) groups excluding carboxylic acids is 2. The number of aromatic nitrogens is 2. The molecule has 2 amide bonds. The van der Waals surface area contributed by atoms with Crippen molar-refractivity contribution >= 4 is 46.4 Å². The molecule has 2 heterocycles. The van der Waals surface area contributed by atoms with Crippen LogP contribution in [-0.2, 0) is 4.79 Å². The van der Waals surface area contributed by atoms with Gasteiger partial charge >= 0.3 is 0 Å². The average Bonchev–Trinajstić information content (AvgIpc) is 3.68. The molecule has 2 saturated carbocycles. The van der Waals surface area contributed by atoms with E-state index in [1.165, 1.54) is 23.5 Å². The summed E-state index contributed by atoms with van der Waals surface area (Å²) in [6.07, 6.45) is 8.90. The van der Waals surface area contributed by atoms with Crippen LogP contribution < -0.4 is 10.6 Å². The van der Waals surface area contributed by atoms with Crippen molar-refractivity contribution in [3.8, 4) is 10.6 Å². The topological polar surface area (TPSA) is 84.0 Å². The van der Waals surface area contributed by atoms with E-state index in [4.69, 9.17) is 23.2 Å². The summed E-state index contributed by atoms with van der Waals surface area (Å²) in [6.45, 7) is 2.08. The Balaban J connectivity index is 1.25. The van der Waals surface area contributed by atoms with Gasteiger partial charge in [-0.3, -0.25) is 14.6 Å². The van der Waals surface area contributed by atoms with E-state index in [0.29, 0.717) is 24.3 Å². The molecule has 2 fully saturated rings. The molecule has 5 rings (SSSR count). The summed E-state index contributed by atoms with van der Waals surface area (Å²) in [5.41, 5.74) is 0.698. The zero-order chi connectivity index (χ0) is 26.9. The molecular formula is C28H29Cl2FN4O2S. The van der Waals surface area contributed by atoms with Crippen LogP contribution >= 0.6 is 34.5 Å². The van der Waals surface area contributed by atoms with E-state index in [1.807, 2.05) is 18.2 Å². The van der Waals surface area contributed by atoms with Crippen LogP contribution in [0.3, 0.4) is 0 Å². The maximum atomic E-state index is 15.1. The van der Waals surface area contributed by atoms with Crippen molar-refractivity contribution in [1.29, 1.82) is 0 Å². The smallest absolute Gasteiger partial charge is 0.280 e. The molecular weight excluding hydrogens is 546 g/mol. The molecule has 2 aliphatic rings. The van der Waals surface area contributed by atoms with Crippen LogP contribution in [0, 0.1) is 17.2 Å². The Morgan fingerprint density at radius 3 is 2.66 bits per heavy atom. The fourth-order valence-corrected chi connectivity index (χ4v) is 6.96. The molecule has 200 valence electrons. The number of pyridine rings is 1. The first kappa shape index (κ1) is 27.0. The SMILES string of the molecule is CC1([C@H](NC(=O)[C@H]2CC[C@@H](NC(=O)c3ncc(-c4ccccn4)s3)C2)c2c(F)ccc(Cl)c2Cl)CCCC1. The Labute approximate surface area is 235 Å². The van der Waals surface area contributed by atoms with Crippen LogP contribution in [0.1, 0.15) is 73.3 Å². The molecule has 38 heavy (non-hydrogen) atoms. The number of hydrogen-bond acceptors (Lipinski definition) is 5. The second-order valence-corrected chi connectivity index (χ2v) is 12.3. The molecule has 2 aromatic heterocycles. The summed E-state index contributed by atoms with van der Waals surface area (Å²) >= 11 is 14.0. The minimum atomic E-state index is -0.585. The summed E-state index contributed by atoms with van der Waals surface area (Å²) in [4.78, 5) is 35.7. The summed E-state index contributed by atoms with van der Waals surface area (Å²) in [6, 6.07) is 7.60. The number of thiazole rings is 1. The number of benzene rings is 1. The summed E-state index contributed by atoms with van der Waals surface area (Å²) < 4.78 is 15.1. The van der Waals surface area contributed by atoms with Crippen molar-refractivity contribution in [3.05, 3.63) is 69.2 Å². The lowest BCUT2D eigenvalue weighted by Crippen LogP contribution is -2.42. The molecule has 0 bridgehead atoms. The van der Waals surface area contributed by atoms with Crippen LogP contribution in [0.2, 0.25) is 10.0 Å². The molecule has 6 nitrogen and oxygen atoms in total. The van der Waals surface area contributed by atoms with Gasteiger partial charge in [0.15, 0.2) is 5.01 Å². The largest absolute Gasteiger partial charge is 0.348 e. The lowest BCUT2D eigenvalue weighted by Gasteiger charge is -2.36. The van der Waals surface area contributed by atoms with E-state index < -0.39 is 11.9 Å². The Bertz CT molecular complexity index is 1330. The number of nitrogens with zero attached hydrogens (tertiary/aromatic N) is 2. The van der Waals surface area contributed by atoms with Crippen LogP contribution in [0.15, 0.2) is 42.7 Å². The van der Waals surface area contributed by atoms with Crippen LogP contribution in [-0.4, -0.2) is 27.8 Å². The molecule has 3 aromatic rings. The van der Waals surface area contributed by atoms with Gasteiger partial charge in [0.2, 0.25) is 5.91 Å². The Morgan fingerprint density at radius 1 is 1.13 bits per heavy atom. The molecule has 1 aromatic carbocycles. The van der Waals surface area contributed by atoms with Crippen molar-refractivity contribution in [2.75, 3.05) is 0 Å². The first-order chi connectivity index (χ1) is 18.2. The maximum absolute atomic E-state index is 15.1. The lowest BCUT2D eigenvalue weighted by atomic mass is 9.76. The molecule has 0 spiro atoms. The van der Waals surface area contributed by atoms with E-state index in [2.05, 4.69) is 27.5 Å². The predicted octanol–water partition coefficient (Wildman–Crippen LogP) is 6.99. The number of nitrogens with one attached hydrogen (secondary N) is 2. The minimum absolute atomic E-state index is 0.146. The first-order valence-corrected chi connectivity index (χ1v) is 14.4. The van der Waals surface area contributed by atoms with Crippen LogP contribution in [0.25, 0.3) is 10.6 Å². The summed E-state index contributed by atoms with van der Waals surface area (Å²) in [5, 5.41) is 6.94. The van der Waals surface area contributed by atoms with Gasteiger partial charge in [-0.25, -0.2) is 9.37 Å². The van der Waals surface area contributed by atoms with Crippen molar-refractivity contribution in [3.63, 3.8) is 0 Å². The van der Waals surface area contributed by atoms with E-state index in [-0.39, 0.29) is 44.8 Å². The predicted molar refractivity (Wildman–Crippen MR) is 148 cm³/mol. The van der Waals surface area contributed by atoms with Gasteiger partial charge in [0.25, 0.3) is 5.91 Å². The van der Waals surface area contributed by atoms with Gasteiger partial charge in [-0.15, -0.1) is 11.3 Å². The van der Waals surface area contributed by atoms with E-state index in [1.54, 1.807) is 12.4 Å². The molecule has 0 unspecified atom stereocenters. The number of halogens is 3. The standard InChI is InChI=1S/C28H29Cl2FN4O2S/c1-28(11-3-4-12-28)24(22-19(31)10-9-18(29)23(22)30)35-25(36)16-7-8-17(14-16)34-26(37)27-33-15-21(38-27)20-6-2-5-13-32-20/h2,5-6,9-10,13,15-17,24H,3-4,7-8,11-12,14H2,1H3,(H,34,37)(H,35,36)/t16-,17+,24+/m0/s1. The number of carbonyl (C=O) groups is 2. The molecule has 2 N–H and O–H groups in total. The highest BCUT2D eigenvalue weighted by Crippen LogP contribution is 2.50. The van der Waals surface area contributed by atoms with Crippen LogP contribution in [0.4, 0.5) is 4.39 Å². The fourth-order valence-electron chi connectivity index (χ4n) is 5.74. The molecule has 10 heteroatoms. The Kier molecular flexibility index (Phi) is 8.03. The van der Waals surface area contributed by atoms with Gasteiger partial charge in [0.1, 0.15) is 5.82 Å². The molecule has 2 aliphatic carbocycles. The summed E-state index contributed by atoms with van der Waals surface area (Å²) in [7, 11) is 0. The highest BCUT2D eigenvalue weighted by Gasteiger charge is 2.43. The number of hydrogen-bond donors (Lipinski definition) is 2. The third-order valence-corrected chi connectivity index (χ3v) is 9.69. The monoisotopic (exact) mass is 574 g/mol.